The van der Waals surface area contributed by atoms with Crippen molar-refractivity contribution < 1.29 is 14.3 Å². The van der Waals surface area contributed by atoms with Gasteiger partial charge < -0.3 is 15.4 Å². The van der Waals surface area contributed by atoms with Crippen molar-refractivity contribution >= 4 is 23.2 Å². The Morgan fingerprint density at radius 2 is 1.68 bits per heavy atom. The Labute approximate surface area is 148 Å². The van der Waals surface area contributed by atoms with E-state index in [1.165, 1.54) is 0 Å². The van der Waals surface area contributed by atoms with Crippen LogP contribution in [0.5, 0.6) is 5.75 Å². The lowest BCUT2D eigenvalue weighted by Crippen LogP contribution is -2.30. The van der Waals surface area contributed by atoms with Crippen LogP contribution in [0.1, 0.15) is 32.3 Å². The number of benzene rings is 2. The Morgan fingerprint density at radius 1 is 1.04 bits per heavy atom. The van der Waals surface area contributed by atoms with Gasteiger partial charge in [0.15, 0.2) is 6.10 Å². The number of aryl methyl sites for hydroxylation is 1. The molecule has 0 fully saturated rings. The van der Waals surface area contributed by atoms with Crippen molar-refractivity contribution in [3.8, 4) is 5.75 Å². The zero-order chi connectivity index (χ0) is 18.2. The molecule has 2 rings (SSSR count). The summed E-state index contributed by atoms with van der Waals surface area (Å²) in [7, 11) is 0. The number of rotatable bonds is 7. The third-order valence-corrected chi connectivity index (χ3v) is 3.58. The van der Waals surface area contributed by atoms with E-state index >= 15 is 0 Å². The van der Waals surface area contributed by atoms with E-state index in [9.17, 15) is 9.59 Å². The Hall–Kier alpha value is -2.82. The molecular formula is C20H24N2O3. The molecule has 0 heterocycles. The monoisotopic (exact) mass is 340 g/mol. The molecule has 0 aliphatic heterocycles. The maximum atomic E-state index is 12.2. The highest BCUT2D eigenvalue weighted by molar-refractivity contribution is 5.95. The van der Waals surface area contributed by atoms with E-state index in [0.717, 1.165) is 12.0 Å². The Bertz CT molecular complexity index is 726. The standard InChI is InChI=1S/C20H24N2O3/c1-4-6-19(23)21-16-9-11-17(12-10-16)22-20(24)15(3)25-18-8-5-7-14(2)13-18/h5,7-13,15H,4,6H2,1-3H3,(H,21,23)(H,22,24). The largest absolute Gasteiger partial charge is 0.481 e. The summed E-state index contributed by atoms with van der Waals surface area (Å²) in [5, 5.41) is 5.61. The quantitative estimate of drug-likeness (QED) is 0.796. The maximum Gasteiger partial charge on any atom is 0.265 e. The third-order valence-electron chi connectivity index (χ3n) is 3.58. The van der Waals surface area contributed by atoms with Gasteiger partial charge in [-0.15, -0.1) is 0 Å². The van der Waals surface area contributed by atoms with Gasteiger partial charge >= 0.3 is 0 Å². The molecular weight excluding hydrogens is 316 g/mol. The van der Waals surface area contributed by atoms with Crippen LogP contribution >= 0.6 is 0 Å². The van der Waals surface area contributed by atoms with E-state index in [0.29, 0.717) is 23.5 Å². The Balaban J connectivity index is 1.90. The smallest absolute Gasteiger partial charge is 0.265 e. The van der Waals surface area contributed by atoms with Gasteiger partial charge in [-0.3, -0.25) is 9.59 Å². The Kier molecular flexibility index (Phi) is 6.57. The molecule has 0 saturated carbocycles. The lowest BCUT2D eigenvalue weighted by Gasteiger charge is -2.15. The summed E-state index contributed by atoms with van der Waals surface area (Å²) in [4.78, 5) is 23.8. The van der Waals surface area contributed by atoms with Gasteiger partial charge in [-0.25, -0.2) is 0 Å². The molecule has 0 aliphatic rings. The SMILES string of the molecule is CCCC(=O)Nc1ccc(NC(=O)C(C)Oc2cccc(C)c2)cc1. The molecule has 5 nitrogen and oxygen atoms in total. The van der Waals surface area contributed by atoms with Gasteiger partial charge in [-0.05, 0) is 62.2 Å². The van der Waals surface area contributed by atoms with E-state index in [2.05, 4.69) is 10.6 Å². The number of hydrogen-bond acceptors (Lipinski definition) is 3. The minimum atomic E-state index is -0.620. The summed E-state index contributed by atoms with van der Waals surface area (Å²) < 4.78 is 5.66. The molecule has 25 heavy (non-hydrogen) atoms. The molecule has 2 N–H and O–H groups in total. The first kappa shape index (κ1) is 18.5. The van der Waals surface area contributed by atoms with Crippen LogP contribution in [-0.2, 0) is 9.59 Å². The molecule has 0 radical (unpaired) electrons. The summed E-state index contributed by atoms with van der Waals surface area (Å²) in [5.74, 6) is 0.417. The van der Waals surface area contributed by atoms with Crippen molar-refractivity contribution in [2.24, 2.45) is 0 Å². The molecule has 1 unspecified atom stereocenters. The lowest BCUT2D eigenvalue weighted by molar-refractivity contribution is -0.122. The highest BCUT2D eigenvalue weighted by Gasteiger charge is 2.15. The average Bonchev–Trinajstić information content (AvgIpc) is 2.57. The summed E-state index contributed by atoms with van der Waals surface area (Å²) in [6, 6.07) is 14.6. The number of ether oxygens (including phenoxy) is 1. The summed E-state index contributed by atoms with van der Waals surface area (Å²) >= 11 is 0. The Morgan fingerprint density at radius 3 is 2.28 bits per heavy atom. The van der Waals surface area contributed by atoms with Crippen LogP contribution in [0.2, 0.25) is 0 Å². The van der Waals surface area contributed by atoms with Crippen LogP contribution in [0.15, 0.2) is 48.5 Å². The highest BCUT2D eigenvalue weighted by Crippen LogP contribution is 2.17. The van der Waals surface area contributed by atoms with Crippen molar-refractivity contribution in [1.29, 1.82) is 0 Å². The molecule has 0 spiro atoms. The zero-order valence-electron chi connectivity index (χ0n) is 14.8. The van der Waals surface area contributed by atoms with Crippen LogP contribution in [0.4, 0.5) is 11.4 Å². The first-order valence-electron chi connectivity index (χ1n) is 8.42. The van der Waals surface area contributed by atoms with Gasteiger partial charge in [0.05, 0.1) is 0 Å². The molecule has 5 heteroatoms. The van der Waals surface area contributed by atoms with Gasteiger partial charge in [-0.2, -0.15) is 0 Å². The molecule has 0 bridgehead atoms. The van der Waals surface area contributed by atoms with Crippen LogP contribution < -0.4 is 15.4 Å². The second-order valence-corrected chi connectivity index (χ2v) is 5.94. The summed E-state index contributed by atoms with van der Waals surface area (Å²) in [5.41, 5.74) is 2.43. The van der Waals surface area contributed by atoms with Gasteiger partial charge in [0.1, 0.15) is 5.75 Å². The van der Waals surface area contributed by atoms with Crippen LogP contribution in [-0.4, -0.2) is 17.9 Å². The zero-order valence-corrected chi connectivity index (χ0v) is 14.8. The molecule has 2 amide bonds. The minimum absolute atomic E-state index is 0.0144. The number of anilines is 2. The van der Waals surface area contributed by atoms with Gasteiger partial charge in [0.25, 0.3) is 5.91 Å². The second kappa shape index (κ2) is 8.87. The normalized spacial score (nSPS) is 11.5. The molecule has 0 saturated heterocycles. The van der Waals surface area contributed by atoms with Crippen LogP contribution in [0, 0.1) is 6.92 Å². The maximum absolute atomic E-state index is 12.2. The molecule has 0 aliphatic carbocycles. The summed E-state index contributed by atoms with van der Waals surface area (Å²) in [6.45, 7) is 5.63. The number of carbonyl (C=O) groups excluding carboxylic acids is 2. The van der Waals surface area contributed by atoms with Gasteiger partial charge in [0, 0.05) is 17.8 Å². The lowest BCUT2D eigenvalue weighted by atomic mass is 10.2. The van der Waals surface area contributed by atoms with E-state index in [1.807, 2.05) is 38.1 Å². The fourth-order valence-corrected chi connectivity index (χ4v) is 2.28. The molecule has 0 aromatic heterocycles. The molecule has 1 atom stereocenters. The average molecular weight is 340 g/mol. The number of nitrogens with one attached hydrogen (secondary N) is 2. The molecule has 2 aromatic carbocycles. The molecule has 2 aromatic rings. The van der Waals surface area contributed by atoms with E-state index < -0.39 is 6.10 Å². The van der Waals surface area contributed by atoms with Crippen molar-refractivity contribution in [1.82, 2.24) is 0 Å². The number of carbonyl (C=O) groups is 2. The topological polar surface area (TPSA) is 67.4 Å². The summed E-state index contributed by atoms with van der Waals surface area (Å²) in [6.07, 6.45) is 0.677. The second-order valence-electron chi connectivity index (χ2n) is 5.94. The number of amides is 2. The van der Waals surface area contributed by atoms with Crippen LogP contribution in [0.25, 0.3) is 0 Å². The first-order valence-corrected chi connectivity index (χ1v) is 8.42. The minimum Gasteiger partial charge on any atom is -0.481 e. The molecule has 132 valence electrons. The predicted molar refractivity (Wildman–Crippen MR) is 99.9 cm³/mol. The fourth-order valence-electron chi connectivity index (χ4n) is 2.28. The van der Waals surface area contributed by atoms with Crippen molar-refractivity contribution in [3.63, 3.8) is 0 Å². The van der Waals surface area contributed by atoms with Gasteiger partial charge in [-0.1, -0.05) is 19.1 Å². The number of hydrogen-bond donors (Lipinski definition) is 2. The van der Waals surface area contributed by atoms with Crippen molar-refractivity contribution in [2.45, 2.75) is 39.7 Å². The first-order chi connectivity index (χ1) is 12.0. The fraction of sp³-hybridized carbons (Fsp3) is 0.300. The van der Waals surface area contributed by atoms with E-state index in [-0.39, 0.29) is 11.8 Å². The van der Waals surface area contributed by atoms with E-state index in [4.69, 9.17) is 4.74 Å². The highest BCUT2D eigenvalue weighted by atomic mass is 16.5. The van der Waals surface area contributed by atoms with E-state index in [1.54, 1.807) is 31.2 Å². The third kappa shape index (κ3) is 5.95. The van der Waals surface area contributed by atoms with Crippen molar-refractivity contribution in [3.05, 3.63) is 54.1 Å². The van der Waals surface area contributed by atoms with Gasteiger partial charge in [0.2, 0.25) is 5.91 Å². The van der Waals surface area contributed by atoms with Crippen LogP contribution in [0.3, 0.4) is 0 Å². The predicted octanol–water partition coefficient (Wildman–Crippen LogP) is 4.14. The van der Waals surface area contributed by atoms with Crippen molar-refractivity contribution in [2.75, 3.05) is 10.6 Å².